The van der Waals surface area contributed by atoms with Gasteiger partial charge in [-0.25, -0.2) is 0 Å². The molecule has 0 aromatic carbocycles. The van der Waals surface area contributed by atoms with E-state index in [4.69, 9.17) is 8.85 Å². The molecule has 0 bridgehead atoms. The first kappa shape index (κ1) is 9.88. The van der Waals surface area contributed by atoms with Crippen molar-refractivity contribution in [3.63, 3.8) is 0 Å². The fraction of sp³-hybridized carbons (Fsp3) is 0.714. The molecule has 0 radical (unpaired) electrons. The van der Waals surface area contributed by atoms with E-state index in [1.165, 1.54) is 0 Å². The molecule has 0 heterocycles. The van der Waals surface area contributed by atoms with Gasteiger partial charge in [0.15, 0.2) is 0 Å². The Labute approximate surface area is 64.1 Å². The summed E-state index contributed by atoms with van der Waals surface area (Å²) in [6.07, 6.45) is 1.87. The third-order valence-corrected chi connectivity index (χ3v) is 5.50. The molecule has 1 unspecified atom stereocenters. The summed E-state index contributed by atoms with van der Waals surface area (Å²) < 4.78 is 10.6. The van der Waals surface area contributed by atoms with Crippen LogP contribution in [0.25, 0.3) is 0 Å². The molecular weight excluding hydrogens is 144 g/mol. The molecule has 0 aliphatic rings. The van der Waals surface area contributed by atoms with Crippen molar-refractivity contribution in [1.29, 1.82) is 0 Å². The summed E-state index contributed by atoms with van der Waals surface area (Å²) in [5, 5.41) is 0. The third-order valence-electron chi connectivity index (χ3n) is 1.99. The van der Waals surface area contributed by atoms with E-state index in [-0.39, 0.29) is 0 Å². The molecule has 0 saturated heterocycles. The highest BCUT2D eigenvalue weighted by atomic mass is 28.4. The maximum atomic E-state index is 5.29. The highest BCUT2D eigenvalue weighted by Gasteiger charge is 2.33. The molecule has 2 nitrogen and oxygen atoms in total. The van der Waals surface area contributed by atoms with Gasteiger partial charge in [0.05, 0.1) is 0 Å². The zero-order chi connectivity index (χ0) is 8.20. The van der Waals surface area contributed by atoms with Crippen molar-refractivity contribution < 1.29 is 8.85 Å². The van der Waals surface area contributed by atoms with Gasteiger partial charge in [0.25, 0.3) is 0 Å². The van der Waals surface area contributed by atoms with Crippen LogP contribution in [0.5, 0.6) is 0 Å². The van der Waals surface area contributed by atoms with E-state index >= 15 is 0 Å². The number of allylic oxidation sites excluding steroid dienone is 1. The smallest absolute Gasteiger partial charge is 0.341 e. The summed E-state index contributed by atoms with van der Waals surface area (Å²) in [7, 11) is 1.46. The predicted molar refractivity (Wildman–Crippen MR) is 45.3 cm³/mol. The van der Waals surface area contributed by atoms with Gasteiger partial charge in [-0.3, -0.25) is 0 Å². The van der Waals surface area contributed by atoms with Crippen molar-refractivity contribution >= 4 is 8.56 Å². The number of rotatable bonds is 4. The lowest BCUT2D eigenvalue weighted by Gasteiger charge is -2.26. The van der Waals surface area contributed by atoms with E-state index < -0.39 is 8.56 Å². The quantitative estimate of drug-likeness (QED) is 0.462. The first-order valence-electron chi connectivity index (χ1n) is 3.33. The summed E-state index contributed by atoms with van der Waals surface area (Å²) in [5.74, 6) is 0. The van der Waals surface area contributed by atoms with Crippen LogP contribution in [-0.4, -0.2) is 22.8 Å². The van der Waals surface area contributed by atoms with Gasteiger partial charge in [-0.05, 0) is 6.55 Å². The Morgan fingerprint density at radius 3 is 1.90 bits per heavy atom. The van der Waals surface area contributed by atoms with Gasteiger partial charge in [0, 0.05) is 19.8 Å². The standard InChI is InChI=1S/C7H16O2Si/c1-6-7(2)10(5,8-3)9-4/h6-7H,1H2,2-5H3. The van der Waals surface area contributed by atoms with Crippen LogP contribution >= 0.6 is 0 Å². The van der Waals surface area contributed by atoms with Gasteiger partial charge in [-0.1, -0.05) is 13.0 Å². The van der Waals surface area contributed by atoms with Gasteiger partial charge < -0.3 is 8.85 Å². The van der Waals surface area contributed by atoms with E-state index in [1.54, 1.807) is 14.2 Å². The monoisotopic (exact) mass is 160 g/mol. The Hall–Kier alpha value is -0.123. The summed E-state index contributed by atoms with van der Waals surface area (Å²) in [5.41, 5.74) is 0.336. The second-order valence-corrected chi connectivity index (χ2v) is 6.21. The molecule has 0 spiro atoms. The van der Waals surface area contributed by atoms with Gasteiger partial charge in [-0.2, -0.15) is 0 Å². The molecule has 0 N–H and O–H groups in total. The molecule has 0 rings (SSSR count). The van der Waals surface area contributed by atoms with E-state index in [2.05, 4.69) is 13.5 Å². The largest absolute Gasteiger partial charge is 0.397 e. The van der Waals surface area contributed by atoms with Gasteiger partial charge in [0.1, 0.15) is 0 Å². The van der Waals surface area contributed by atoms with Crippen LogP contribution < -0.4 is 0 Å². The van der Waals surface area contributed by atoms with Crippen LogP contribution in [0.3, 0.4) is 0 Å². The Balaban J connectivity index is 4.15. The summed E-state index contributed by atoms with van der Waals surface area (Å²) in [6.45, 7) is 7.79. The van der Waals surface area contributed by atoms with E-state index in [9.17, 15) is 0 Å². The van der Waals surface area contributed by atoms with Crippen molar-refractivity contribution in [3.8, 4) is 0 Å². The molecule has 0 aliphatic carbocycles. The van der Waals surface area contributed by atoms with E-state index in [0.29, 0.717) is 5.54 Å². The average molecular weight is 160 g/mol. The first-order valence-corrected chi connectivity index (χ1v) is 5.73. The van der Waals surface area contributed by atoms with Crippen LogP contribution in [0.4, 0.5) is 0 Å². The Bertz CT molecular complexity index is 110. The lowest BCUT2D eigenvalue weighted by Crippen LogP contribution is -2.39. The lowest BCUT2D eigenvalue weighted by molar-refractivity contribution is 0.244. The highest BCUT2D eigenvalue weighted by molar-refractivity contribution is 6.67. The number of hydrogen-bond donors (Lipinski definition) is 0. The minimum atomic E-state index is -1.92. The minimum absolute atomic E-state index is 0.336. The molecule has 1 atom stereocenters. The SMILES string of the molecule is C=CC(C)[Si](C)(OC)OC. The fourth-order valence-corrected chi connectivity index (χ4v) is 2.01. The van der Waals surface area contributed by atoms with Crippen molar-refractivity contribution in [2.75, 3.05) is 14.2 Å². The lowest BCUT2D eigenvalue weighted by atomic mass is 10.5. The normalized spacial score (nSPS) is 14.8. The molecule has 0 fully saturated rings. The molecule has 3 heteroatoms. The molecular formula is C7H16O2Si. The Kier molecular flexibility index (Phi) is 3.86. The minimum Gasteiger partial charge on any atom is -0.397 e. The number of hydrogen-bond acceptors (Lipinski definition) is 2. The summed E-state index contributed by atoms with van der Waals surface area (Å²) in [4.78, 5) is 0. The average Bonchev–Trinajstić information content (AvgIpc) is 2.01. The molecule has 10 heavy (non-hydrogen) atoms. The Morgan fingerprint density at radius 1 is 1.40 bits per heavy atom. The molecule has 0 saturated carbocycles. The van der Waals surface area contributed by atoms with E-state index in [0.717, 1.165) is 0 Å². The maximum Gasteiger partial charge on any atom is 0.341 e. The molecule has 0 amide bonds. The van der Waals surface area contributed by atoms with Crippen molar-refractivity contribution in [2.24, 2.45) is 0 Å². The zero-order valence-electron chi connectivity index (χ0n) is 7.18. The van der Waals surface area contributed by atoms with Crippen LogP contribution in [-0.2, 0) is 8.85 Å². The van der Waals surface area contributed by atoms with Crippen LogP contribution in [0.15, 0.2) is 12.7 Å². The second kappa shape index (κ2) is 3.90. The fourth-order valence-electron chi connectivity index (χ4n) is 0.669. The maximum absolute atomic E-state index is 5.29. The van der Waals surface area contributed by atoms with Gasteiger partial charge >= 0.3 is 8.56 Å². The molecule has 0 aliphatic heterocycles. The third kappa shape index (κ3) is 1.93. The van der Waals surface area contributed by atoms with E-state index in [1.807, 2.05) is 12.6 Å². The summed E-state index contributed by atoms with van der Waals surface area (Å²) in [6, 6.07) is 0. The van der Waals surface area contributed by atoms with Crippen LogP contribution in [0, 0.1) is 0 Å². The topological polar surface area (TPSA) is 18.5 Å². The molecule has 0 aromatic heterocycles. The van der Waals surface area contributed by atoms with Crippen LogP contribution in [0.1, 0.15) is 6.92 Å². The van der Waals surface area contributed by atoms with Gasteiger partial charge in [-0.15, -0.1) is 6.58 Å². The predicted octanol–water partition coefficient (Wildman–Crippen LogP) is 1.93. The second-order valence-electron chi connectivity index (χ2n) is 2.45. The van der Waals surface area contributed by atoms with Gasteiger partial charge in [0.2, 0.25) is 0 Å². The van der Waals surface area contributed by atoms with Crippen LogP contribution in [0.2, 0.25) is 12.1 Å². The Morgan fingerprint density at radius 2 is 1.80 bits per heavy atom. The first-order chi connectivity index (χ1) is 4.60. The van der Waals surface area contributed by atoms with Crippen molar-refractivity contribution in [2.45, 2.75) is 19.0 Å². The zero-order valence-corrected chi connectivity index (χ0v) is 8.18. The summed E-state index contributed by atoms with van der Waals surface area (Å²) >= 11 is 0. The molecule has 0 aromatic rings. The van der Waals surface area contributed by atoms with Crippen molar-refractivity contribution in [1.82, 2.24) is 0 Å². The highest BCUT2D eigenvalue weighted by Crippen LogP contribution is 2.22. The van der Waals surface area contributed by atoms with Crippen molar-refractivity contribution in [3.05, 3.63) is 12.7 Å². The molecule has 60 valence electrons.